The fraction of sp³-hybridized carbons (Fsp3) is 0.462. The van der Waals surface area contributed by atoms with Crippen molar-refractivity contribution >= 4 is 21.6 Å². The fourth-order valence-corrected chi connectivity index (χ4v) is 3.56. The van der Waals surface area contributed by atoms with E-state index in [0.29, 0.717) is 5.92 Å². The lowest BCUT2D eigenvalue weighted by molar-refractivity contribution is 0.530. The summed E-state index contributed by atoms with van der Waals surface area (Å²) in [5, 5.41) is 8.92. The third-order valence-electron chi connectivity index (χ3n) is 3.11. The average molecular weight is 299 g/mol. The molecule has 1 N–H and O–H groups in total. The molecule has 4 nitrogen and oxygen atoms in total. The van der Waals surface area contributed by atoms with Crippen LogP contribution < -0.4 is 4.72 Å². The van der Waals surface area contributed by atoms with E-state index in [0.717, 1.165) is 6.42 Å². The number of hydrogen-bond acceptors (Lipinski definition) is 3. The van der Waals surface area contributed by atoms with Gasteiger partial charge in [0, 0.05) is 6.04 Å². The van der Waals surface area contributed by atoms with Gasteiger partial charge in [-0.25, -0.2) is 13.1 Å². The second-order valence-corrected chi connectivity index (χ2v) is 7.08. The predicted octanol–water partition coefficient (Wildman–Crippen LogP) is 2.68. The molecule has 1 aromatic carbocycles. The lowest BCUT2D eigenvalue weighted by Gasteiger charge is -2.14. The highest BCUT2D eigenvalue weighted by Crippen LogP contribution is 2.33. The van der Waals surface area contributed by atoms with Crippen LogP contribution in [0.1, 0.15) is 31.7 Å². The van der Waals surface area contributed by atoms with Crippen molar-refractivity contribution in [1.82, 2.24) is 4.72 Å². The van der Waals surface area contributed by atoms with Crippen LogP contribution in [0.5, 0.6) is 0 Å². The topological polar surface area (TPSA) is 70.0 Å². The highest BCUT2D eigenvalue weighted by molar-refractivity contribution is 7.89. The zero-order valence-corrected chi connectivity index (χ0v) is 12.1. The lowest BCUT2D eigenvalue weighted by atomic mass is 10.2. The number of nitriles is 1. The third-order valence-corrected chi connectivity index (χ3v) is 5.01. The first-order chi connectivity index (χ1) is 8.92. The number of halogens is 1. The van der Waals surface area contributed by atoms with Crippen LogP contribution >= 0.6 is 11.6 Å². The minimum Gasteiger partial charge on any atom is -0.208 e. The van der Waals surface area contributed by atoms with Gasteiger partial charge in [0.05, 0.1) is 15.5 Å². The van der Waals surface area contributed by atoms with Crippen LogP contribution in [0.25, 0.3) is 0 Å². The lowest BCUT2D eigenvalue weighted by Crippen LogP contribution is -2.32. The summed E-state index contributed by atoms with van der Waals surface area (Å²) < 4.78 is 26.9. The maximum atomic E-state index is 12.1. The van der Waals surface area contributed by atoms with Gasteiger partial charge in [0.15, 0.2) is 0 Å². The fourth-order valence-electron chi connectivity index (χ4n) is 1.99. The molecule has 0 aliphatic heterocycles. The highest BCUT2D eigenvalue weighted by Gasteiger charge is 2.26. The summed E-state index contributed by atoms with van der Waals surface area (Å²) in [6, 6.07) is 5.94. The first-order valence-corrected chi connectivity index (χ1v) is 8.00. The van der Waals surface area contributed by atoms with E-state index in [9.17, 15) is 8.42 Å². The molecule has 0 amide bonds. The van der Waals surface area contributed by atoms with Crippen LogP contribution in [-0.2, 0) is 10.0 Å². The van der Waals surface area contributed by atoms with E-state index in [-0.39, 0.29) is 21.5 Å². The molecule has 1 saturated carbocycles. The van der Waals surface area contributed by atoms with E-state index < -0.39 is 10.0 Å². The number of nitrogens with one attached hydrogen (secondary N) is 1. The average Bonchev–Trinajstić information content (AvgIpc) is 3.11. The van der Waals surface area contributed by atoms with Crippen molar-refractivity contribution in [3.8, 4) is 6.07 Å². The van der Waals surface area contributed by atoms with Gasteiger partial charge in [-0.3, -0.25) is 0 Å². The van der Waals surface area contributed by atoms with E-state index in [1.165, 1.54) is 31.0 Å². The maximum Gasteiger partial charge on any atom is 0.240 e. The third kappa shape index (κ3) is 3.69. The summed E-state index contributed by atoms with van der Waals surface area (Å²) in [6.45, 7) is 1.86. The largest absolute Gasteiger partial charge is 0.240 e. The van der Waals surface area contributed by atoms with E-state index >= 15 is 0 Å². The van der Waals surface area contributed by atoms with E-state index in [4.69, 9.17) is 16.9 Å². The van der Waals surface area contributed by atoms with Crippen molar-refractivity contribution in [3.05, 3.63) is 28.8 Å². The molecule has 1 atom stereocenters. The van der Waals surface area contributed by atoms with Gasteiger partial charge in [0.1, 0.15) is 6.07 Å². The molecular formula is C13H15ClN2O2S. The molecule has 1 fully saturated rings. The molecule has 6 heteroatoms. The molecule has 1 aliphatic carbocycles. The van der Waals surface area contributed by atoms with Crippen LogP contribution in [0.15, 0.2) is 23.1 Å². The van der Waals surface area contributed by atoms with Gasteiger partial charge < -0.3 is 0 Å². The van der Waals surface area contributed by atoms with Gasteiger partial charge >= 0.3 is 0 Å². The molecule has 0 radical (unpaired) electrons. The zero-order chi connectivity index (χ0) is 14.0. The Morgan fingerprint density at radius 3 is 2.74 bits per heavy atom. The van der Waals surface area contributed by atoms with Crippen LogP contribution in [-0.4, -0.2) is 14.5 Å². The van der Waals surface area contributed by atoms with E-state index in [2.05, 4.69) is 4.72 Å². The Balaban J connectivity index is 2.14. The molecule has 0 saturated heterocycles. The molecule has 1 unspecified atom stereocenters. The summed E-state index contributed by atoms with van der Waals surface area (Å²) in [5.74, 6) is 0.655. The Morgan fingerprint density at radius 2 is 2.21 bits per heavy atom. The van der Waals surface area contributed by atoms with Crippen molar-refractivity contribution < 1.29 is 8.42 Å². The van der Waals surface area contributed by atoms with Crippen LogP contribution in [0.4, 0.5) is 0 Å². The van der Waals surface area contributed by atoms with Gasteiger partial charge in [0.2, 0.25) is 10.0 Å². The molecular weight excluding hydrogens is 284 g/mol. The Bertz CT molecular complexity index is 618. The number of sulfonamides is 1. The van der Waals surface area contributed by atoms with Gasteiger partial charge in [-0.2, -0.15) is 5.26 Å². The number of benzene rings is 1. The first kappa shape index (κ1) is 14.3. The second-order valence-electron chi connectivity index (χ2n) is 4.95. The summed E-state index contributed by atoms with van der Waals surface area (Å²) in [6.07, 6.45) is 3.24. The number of nitrogens with zero attached hydrogens (tertiary/aromatic N) is 1. The highest BCUT2D eigenvalue weighted by atomic mass is 35.5. The molecule has 0 spiro atoms. The predicted molar refractivity (Wildman–Crippen MR) is 73.3 cm³/mol. The molecule has 0 heterocycles. The van der Waals surface area contributed by atoms with Crippen molar-refractivity contribution in [3.63, 3.8) is 0 Å². The van der Waals surface area contributed by atoms with Gasteiger partial charge in [-0.1, -0.05) is 24.4 Å². The first-order valence-electron chi connectivity index (χ1n) is 6.14. The standard InChI is InChI=1S/C13H15ClN2O2S/c1-9(6-10-2-3-10)16-19(17,18)12-5-4-11(8-15)13(14)7-12/h4-5,7,9-10,16H,2-3,6H2,1H3. The Labute approximate surface area is 118 Å². The SMILES string of the molecule is CC(CC1CC1)NS(=O)(=O)c1ccc(C#N)c(Cl)c1. The molecule has 2 rings (SSSR count). The van der Waals surface area contributed by atoms with Crippen molar-refractivity contribution in [2.75, 3.05) is 0 Å². The van der Waals surface area contributed by atoms with Crippen molar-refractivity contribution in [2.24, 2.45) is 5.92 Å². The minimum atomic E-state index is -3.57. The smallest absolute Gasteiger partial charge is 0.208 e. The Morgan fingerprint density at radius 1 is 1.53 bits per heavy atom. The van der Waals surface area contributed by atoms with Crippen LogP contribution in [0, 0.1) is 17.2 Å². The Hall–Kier alpha value is -1.09. The molecule has 19 heavy (non-hydrogen) atoms. The monoisotopic (exact) mass is 298 g/mol. The molecule has 0 bridgehead atoms. The second kappa shape index (κ2) is 5.49. The van der Waals surface area contributed by atoms with Gasteiger partial charge in [-0.15, -0.1) is 0 Å². The van der Waals surface area contributed by atoms with Gasteiger partial charge in [-0.05, 0) is 37.5 Å². The van der Waals surface area contributed by atoms with Crippen molar-refractivity contribution in [1.29, 1.82) is 5.26 Å². The van der Waals surface area contributed by atoms with E-state index in [1.54, 1.807) is 0 Å². The summed E-state index contributed by atoms with van der Waals surface area (Å²) >= 11 is 5.85. The summed E-state index contributed by atoms with van der Waals surface area (Å²) in [7, 11) is -3.57. The quantitative estimate of drug-likeness (QED) is 0.908. The van der Waals surface area contributed by atoms with Crippen LogP contribution in [0.3, 0.4) is 0 Å². The zero-order valence-electron chi connectivity index (χ0n) is 10.6. The summed E-state index contributed by atoms with van der Waals surface area (Å²) in [4.78, 5) is 0.0964. The van der Waals surface area contributed by atoms with E-state index in [1.807, 2.05) is 13.0 Å². The molecule has 0 aromatic heterocycles. The number of hydrogen-bond donors (Lipinski definition) is 1. The Kier molecular flexibility index (Phi) is 4.14. The molecule has 1 aliphatic rings. The van der Waals surface area contributed by atoms with Crippen molar-refractivity contribution in [2.45, 2.75) is 37.1 Å². The number of rotatable bonds is 5. The maximum absolute atomic E-state index is 12.1. The normalized spacial score (nSPS) is 16.9. The van der Waals surface area contributed by atoms with Crippen LogP contribution in [0.2, 0.25) is 5.02 Å². The summed E-state index contributed by atoms with van der Waals surface area (Å²) in [5.41, 5.74) is 0.270. The molecule has 102 valence electrons. The molecule has 1 aromatic rings. The minimum absolute atomic E-state index is 0.0908. The van der Waals surface area contributed by atoms with Gasteiger partial charge in [0.25, 0.3) is 0 Å².